The third kappa shape index (κ3) is 3.65. The van der Waals surface area contributed by atoms with Crippen LogP contribution in [0.5, 0.6) is 0 Å². The first-order valence-electron chi connectivity index (χ1n) is 8.13. The van der Waals surface area contributed by atoms with Crippen molar-refractivity contribution in [3.05, 3.63) is 30.0 Å². The third-order valence-corrected chi connectivity index (χ3v) is 4.30. The van der Waals surface area contributed by atoms with Gasteiger partial charge in [-0.15, -0.1) is 0 Å². The van der Waals surface area contributed by atoms with Crippen molar-refractivity contribution in [1.29, 1.82) is 0 Å². The van der Waals surface area contributed by atoms with E-state index in [-0.39, 0.29) is 5.91 Å². The molecule has 118 valence electrons. The van der Waals surface area contributed by atoms with E-state index in [1.165, 1.54) is 31.5 Å². The largest absolute Gasteiger partial charge is 0.355 e. The number of hydrogen-bond acceptors (Lipinski definition) is 3. The van der Waals surface area contributed by atoms with Gasteiger partial charge in [0, 0.05) is 24.9 Å². The number of carbonyl (C=O) groups excluding carboxylic acids is 1. The molecular formula is C17H24N4O. The van der Waals surface area contributed by atoms with E-state index in [0.29, 0.717) is 13.0 Å². The van der Waals surface area contributed by atoms with Gasteiger partial charge < -0.3 is 10.2 Å². The Morgan fingerprint density at radius 2 is 2.09 bits per heavy atom. The third-order valence-electron chi connectivity index (χ3n) is 4.30. The van der Waals surface area contributed by atoms with Crippen molar-refractivity contribution in [2.45, 2.75) is 32.7 Å². The van der Waals surface area contributed by atoms with Crippen LogP contribution >= 0.6 is 0 Å². The number of aromatic nitrogens is 2. The average molecular weight is 300 g/mol. The molecule has 0 bridgehead atoms. The summed E-state index contributed by atoms with van der Waals surface area (Å²) in [4.78, 5) is 14.4. The van der Waals surface area contributed by atoms with Crippen LogP contribution in [0.3, 0.4) is 0 Å². The Morgan fingerprint density at radius 1 is 1.27 bits per heavy atom. The Bertz CT molecular complexity index is 643. The topological polar surface area (TPSA) is 50.2 Å². The Morgan fingerprint density at radius 3 is 2.91 bits per heavy atom. The molecule has 5 nitrogen and oxygen atoms in total. The van der Waals surface area contributed by atoms with Crippen LogP contribution in [0.15, 0.2) is 24.4 Å². The second kappa shape index (κ2) is 6.92. The highest BCUT2D eigenvalue weighted by Gasteiger charge is 2.11. The summed E-state index contributed by atoms with van der Waals surface area (Å²) in [6, 6.07) is 6.28. The van der Waals surface area contributed by atoms with Gasteiger partial charge in [-0.3, -0.25) is 9.48 Å². The summed E-state index contributed by atoms with van der Waals surface area (Å²) in [6.07, 6.45) is 4.92. The first-order valence-corrected chi connectivity index (χ1v) is 8.13. The van der Waals surface area contributed by atoms with Crippen LogP contribution in [-0.2, 0) is 11.3 Å². The van der Waals surface area contributed by atoms with Gasteiger partial charge in [0.05, 0.1) is 18.3 Å². The highest BCUT2D eigenvalue weighted by molar-refractivity contribution is 5.80. The van der Waals surface area contributed by atoms with Crippen LogP contribution in [0.2, 0.25) is 0 Å². The maximum atomic E-state index is 11.9. The summed E-state index contributed by atoms with van der Waals surface area (Å²) in [5, 5.41) is 8.51. The van der Waals surface area contributed by atoms with Crippen molar-refractivity contribution < 1.29 is 4.79 Å². The van der Waals surface area contributed by atoms with Crippen molar-refractivity contribution in [3.63, 3.8) is 0 Å². The quantitative estimate of drug-likeness (QED) is 0.887. The van der Waals surface area contributed by atoms with E-state index >= 15 is 0 Å². The molecule has 0 unspecified atom stereocenters. The SMILES string of the molecule is Cc1ccc2cnn(CCC(=O)NCCN3CCCC3)c2c1. The van der Waals surface area contributed by atoms with Crippen molar-refractivity contribution in [3.8, 4) is 0 Å². The minimum absolute atomic E-state index is 0.107. The van der Waals surface area contributed by atoms with Crippen molar-refractivity contribution in [1.82, 2.24) is 20.0 Å². The maximum absolute atomic E-state index is 11.9. The van der Waals surface area contributed by atoms with E-state index in [9.17, 15) is 4.79 Å². The summed E-state index contributed by atoms with van der Waals surface area (Å²) in [5.74, 6) is 0.107. The minimum atomic E-state index is 0.107. The van der Waals surface area contributed by atoms with Gasteiger partial charge in [0.25, 0.3) is 0 Å². The van der Waals surface area contributed by atoms with E-state index in [0.717, 1.165) is 24.0 Å². The number of rotatable bonds is 6. The lowest BCUT2D eigenvalue weighted by Crippen LogP contribution is -2.33. The molecule has 3 rings (SSSR count). The zero-order valence-corrected chi connectivity index (χ0v) is 13.2. The second-order valence-corrected chi connectivity index (χ2v) is 6.08. The Labute approximate surface area is 131 Å². The molecule has 1 aromatic carbocycles. The number of likely N-dealkylation sites (tertiary alicyclic amines) is 1. The molecule has 1 aliphatic heterocycles. The van der Waals surface area contributed by atoms with Gasteiger partial charge in [-0.25, -0.2) is 0 Å². The van der Waals surface area contributed by atoms with E-state index in [1.54, 1.807) is 0 Å². The van der Waals surface area contributed by atoms with Gasteiger partial charge >= 0.3 is 0 Å². The van der Waals surface area contributed by atoms with Gasteiger partial charge in [0.1, 0.15) is 0 Å². The molecule has 0 radical (unpaired) electrons. The van der Waals surface area contributed by atoms with Crippen LogP contribution in [0.25, 0.3) is 10.9 Å². The molecule has 22 heavy (non-hydrogen) atoms. The smallest absolute Gasteiger partial charge is 0.221 e. The van der Waals surface area contributed by atoms with E-state index in [4.69, 9.17) is 0 Å². The number of fused-ring (bicyclic) bond motifs is 1. The Kier molecular flexibility index (Phi) is 4.73. The van der Waals surface area contributed by atoms with Crippen LogP contribution in [-0.4, -0.2) is 46.8 Å². The molecule has 0 saturated carbocycles. The molecule has 1 aromatic heterocycles. The first kappa shape index (κ1) is 15.0. The summed E-state index contributed by atoms with van der Waals surface area (Å²) in [5.41, 5.74) is 2.31. The molecule has 0 spiro atoms. The number of aryl methyl sites for hydroxylation is 2. The number of benzene rings is 1. The highest BCUT2D eigenvalue weighted by atomic mass is 16.1. The van der Waals surface area contributed by atoms with Crippen molar-refractivity contribution >= 4 is 16.8 Å². The molecule has 1 N–H and O–H groups in total. The van der Waals surface area contributed by atoms with Gasteiger partial charge in [-0.05, 0) is 44.5 Å². The molecule has 1 saturated heterocycles. The van der Waals surface area contributed by atoms with E-state index in [2.05, 4.69) is 40.4 Å². The number of hydrogen-bond donors (Lipinski definition) is 1. The molecule has 1 amide bonds. The van der Waals surface area contributed by atoms with Gasteiger partial charge in [-0.2, -0.15) is 5.10 Å². The fraction of sp³-hybridized carbons (Fsp3) is 0.529. The Balaban J connectivity index is 1.46. The summed E-state index contributed by atoms with van der Waals surface area (Å²) < 4.78 is 1.92. The average Bonchev–Trinajstić information content (AvgIpc) is 3.14. The summed E-state index contributed by atoms with van der Waals surface area (Å²) >= 11 is 0. The Hall–Kier alpha value is -1.88. The first-order chi connectivity index (χ1) is 10.7. The zero-order valence-electron chi connectivity index (χ0n) is 13.2. The van der Waals surface area contributed by atoms with Crippen LogP contribution in [0.1, 0.15) is 24.8 Å². The fourth-order valence-electron chi connectivity index (χ4n) is 3.01. The minimum Gasteiger partial charge on any atom is -0.355 e. The van der Waals surface area contributed by atoms with Crippen molar-refractivity contribution in [2.24, 2.45) is 0 Å². The zero-order chi connectivity index (χ0) is 15.4. The molecule has 0 aliphatic carbocycles. The lowest BCUT2D eigenvalue weighted by molar-refractivity contribution is -0.121. The monoisotopic (exact) mass is 300 g/mol. The maximum Gasteiger partial charge on any atom is 0.221 e. The molecule has 1 fully saturated rings. The van der Waals surface area contributed by atoms with Gasteiger partial charge in [-0.1, -0.05) is 12.1 Å². The van der Waals surface area contributed by atoms with E-state index < -0.39 is 0 Å². The predicted molar refractivity (Wildman–Crippen MR) is 87.8 cm³/mol. The number of nitrogens with one attached hydrogen (secondary N) is 1. The fourth-order valence-corrected chi connectivity index (χ4v) is 3.01. The van der Waals surface area contributed by atoms with Gasteiger partial charge in [0.2, 0.25) is 5.91 Å². The van der Waals surface area contributed by atoms with Crippen LogP contribution in [0.4, 0.5) is 0 Å². The normalized spacial score (nSPS) is 15.5. The number of nitrogens with zero attached hydrogens (tertiary/aromatic N) is 3. The second-order valence-electron chi connectivity index (χ2n) is 6.08. The number of carbonyl (C=O) groups is 1. The summed E-state index contributed by atoms with van der Waals surface area (Å²) in [6.45, 7) is 6.76. The van der Waals surface area contributed by atoms with E-state index in [1.807, 2.05) is 10.9 Å². The lowest BCUT2D eigenvalue weighted by Gasteiger charge is -2.14. The molecule has 2 heterocycles. The molecule has 2 aromatic rings. The number of amides is 1. The standard InChI is InChI=1S/C17H24N4O/c1-14-4-5-15-13-19-21(16(15)12-14)10-6-17(22)18-7-11-20-8-2-3-9-20/h4-5,12-13H,2-3,6-11H2,1H3,(H,18,22). The molecule has 5 heteroatoms. The van der Waals surface area contributed by atoms with Crippen LogP contribution in [0, 0.1) is 6.92 Å². The van der Waals surface area contributed by atoms with Crippen LogP contribution < -0.4 is 5.32 Å². The van der Waals surface area contributed by atoms with Crippen molar-refractivity contribution in [2.75, 3.05) is 26.2 Å². The predicted octanol–water partition coefficient (Wildman–Crippen LogP) is 1.95. The lowest BCUT2D eigenvalue weighted by atomic mass is 10.2. The molecular weight excluding hydrogens is 276 g/mol. The molecule has 1 aliphatic rings. The highest BCUT2D eigenvalue weighted by Crippen LogP contribution is 2.15. The van der Waals surface area contributed by atoms with Gasteiger partial charge in [0.15, 0.2) is 0 Å². The summed E-state index contributed by atoms with van der Waals surface area (Å²) in [7, 11) is 0. The molecule has 0 atom stereocenters.